The molecule has 0 fully saturated rings. The van der Waals surface area contributed by atoms with E-state index in [9.17, 15) is 18.4 Å². The molecule has 3 aromatic carbocycles. The standard InChI is InChI=1S/C30H24F2N2O4S/c1-17(29-30(36)33-18(2)39-29)19-8-11-21(12-9-19)37-14-15-38-28-26(20-10-13-23(31)24(32)16-20)34(3)25-7-5-4-6-22(25)27(28)35/h4-13,16H,2,14-15H2,1,3H3,(H,33,36)/b29-17+. The second-order valence-corrected chi connectivity index (χ2v) is 9.97. The maximum atomic E-state index is 14.1. The molecule has 0 aliphatic heterocycles. The Labute approximate surface area is 225 Å². The topological polar surface area (TPSA) is 73.3 Å². The highest BCUT2D eigenvalue weighted by Crippen LogP contribution is 2.31. The number of aryl methyl sites for hydroxylation is 1. The highest BCUT2D eigenvalue weighted by Gasteiger charge is 2.19. The van der Waals surface area contributed by atoms with Crippen molar-refractivity contribution >= 4 is 34.4 Å². The average Bonchev–Trinajstić information content (AvgIpc) is 3.28. The molecule has 2 aromatic heterocycles. The van der Waals surface area contributed by atoms with Gasteiger partial charge in [0.1, 0.15) is 19.0 Å². The van der Waals surface area contributed by atoms with Crippen molar-refractivity contribution in [3.8, 4) is 22.8 Å². The molecule has 198 valence electrons. The Bertz CT molecular complexity index is 1920. The van der Waals surface area contributed by atoms with Crippen molar-refractivity contribution in [2.45, 2.75) is 6.92 Å². The van der Waals surface area contributed by atoms with Crippen LogP contribution in [0.4, 0.5) is 8.78 Å². The van der Waals surface area contributed by atoms with Gasteiger partial charge in [-0.1, -0.05) is 30.8 Å². The molecule has 0 bridgehead atoms. The van der Waals surface area contributed by atoms with E-state index >= 15 is 0 Å². The van der Waals surface area contributed by atoms with Gasteiger partial charge in [-0.3, -0.25) is 9.59 Å². The summed E-state index contributed by atoms with van der Waals surface area (Å²) >= 11 is 1.31. The van der Waals surface area contributed by atoms with Gasteiger partial charge in [0.25, 0.3) is 5.56 Å². The SMILES string of the molecule is C=c1[nH]c(=O)/c(=C(/C)c2ccc(OCCOc3c(-c4ccc(F)c(F)c4)n(C)c4ccccc4c3=O)cc2)s1. The van der Waals surface area contributed by atoms with E-state index in [2.05, 4.69) is 11.6 Å². The number of thiazole rings is 1. The number of halogens is 2. The Morgan fingerprint density at radius 3 is 2.38 bits per heavy atom. The maximum absolute atomic E-state index is 14.1. The van der Waals surface area contributed by atoms with Gasteiger partial charge in [0.05, 0.1) is 20.4 Å². The summed E-state index contributed by atoms with van der Waals surface area (Å²) in [6.45, 7) is 5.82. The Hall–Kier alpha value is -4.50. The number of rotatable bonds is 7. The molecule has 9 heteroatoms. The molecule has 0 atom stereocenters. The highest BCUT2D eigenvalue weighted by atomic mass is 32.1. The van der Waals surface area contributed by atoms with Gasteiger partial charge in [-0.05, 0) is 60.5 Å². The minimum atomic E-state index is -1.02. The third-order valence-electron chi connectivity index (χ3n) is 6.37. The number of aromatic nitrogens is 2. The zero-order valence-electron chi connectivity index (χ0n) is 21.2. The molecule has 0 aliphatic rings. The van der Waals surface area contributed by atoms with Crippen LogP contribution in [-0.2, 0) is 7.05 Å². The van der Waals surface area contributed by atoms with E-state index in [0.717, 1.165) is 23.3 Å². The number of nitrogens with one attached hydrogen (secondary N) is 1. The molecular weight excluding hydrogens is 522 g/mol. The van der Waals surface area contributed by atoms with E-state index in [0.29, 0.717) is 37.1 Å². The first kappa shape index (κ1) is 26.1. The number of hydrogen-bond acceptors (Lipinski definition) is 5. The molecule has 5 aromatic rings. The zero-order valence-corrected chi connectivity index (χ0v) is 22.0. The van der Waals surface area contributed by atoms with Crippen LogP contribution in [0.3, 0.4) is 0 Å². The lowest BCUT2D eigenvalue weighted by Gasteiger charge is -2.18. The summed E-state index contributed by atoms with van der Waals surface area (Å²) in [4.78, 5) is 28.1. The predicted octanol–water partition coefficient (Wildman–Crippen LogP) is 4.32. The molecule has 0 saturated carbocycles. The van der Waals surface area contributed by atoms with Gasteiger partial charge >= 0.3 is 0 Å². The number of benzene rings is 3. The summed E-state index contributed by atoms with van der Waals surface area (Å²) in [5.41, 5.74) is 2.48. The van der Waals surface area contributed by atoms with E-state index in [1.54, 1.807) is 48.0 Å². The second-order valence-electron chi connectivity index (χ2n) is 8.87. The van der Waals surface area contributed by atoms with Gasteiger partial charge in [-0.2, -0.15) is 0 Å². The molecule has 5 rings (SSSR count). The van der Waals surface area contributed by atoms with E-state index in [1.807, 2.05) is 19.1 Å². The normalized spacial score (nSPS) is 12.0. The molecule has 0 aliphatic carbocycles. The van der Waals surface area contributed by atoms with Crippen molar-refractivity contribution in [1.82, 2.24) is 9.55 Å². The average molecular weight is 547 g/mol. The number of aromatic amines is 1. The van der Waals surface area contributed by atoms with Crippen molar-refractivity contribution in [2.24, 2.45) is 7.05 Å². The fraction of sp³-hybridized carbons (Fsp3) is 0.133. The summed E-state index contributed by atoms with van der Waals surface area (Å²) in [5.74, 6) is -1.39. The summed E-state index contributed by atoms with van der Waals surface area (Å²) in [6, 6.07) is 17.8. The molecule has 6 nitrogen and oxygen atoms in total. The van der Waals surface area contributed by atoms with Crippen LogP contribution in [-0.4, -0.2) is 22.8 Å². The van der Waals surface area contributed by atoms with E-state index < -0.39 is 11.6 Å². The summed E-state index contributed by atoms with van der Waals surface area (Å²) in [5, 5.41) is 0.444. The number of para-hydroxylation sites is 1. The number of ether oxygens (including phenoxy) is 2. The van der Waals surface area contributed by atoms with Crippen LogP contribution >= 0.6 is 11.3 Å². The van der Waals surface area contributed by atoms with Gasteiger partial charge in [-0.25, -0.2) is 8.78 Å². The molecule has 0 radical (unpaired) electrons. The monoisotopic (exact) mass is 546 g/mol. The quantitative estimate of drug-likeness (QED) is 0.309. The van der Waals surface area contributed by atoms with Crippen molar-refractivity contribution in [3.63, 3.8) is 0 Å². The number of H-pyrrole nitrogens is 1. The van der Waals surface area contributed by atoms with Gasteiger partial charge in [0, 0.05) is 18.0 Å². The Morgan fingerprint density at radius 1 is 0.974 bits per heavy atom. The highest BCUT2D eigenvalue weighted by molar-refractivity contribution is 7.07. The van der Waals surface area contributed by atoms with Gasteiger partial charge in [0.15, 0.2) is 17.4 Å². The minimum Gasteiger partial charge on any atom is -0.490 e. The molecule has 0 amide bonds. The lowest BCUT2D eigenvalue weighted by atomic mass is 10.1. The minimum absolute atomic E-state index is 0.0253. The molecule has 2 heterocycles. The fourth-order valence-corrected chi connectivity index (χ4v) is 5.23. The molecule has 1 N–H and O–H groups in total. The van der Waals surface area contributed by atoms with Crippen molar-refractivity contribution < 1.29 is 18.3 Å². The van der Waals surface area contributed by atoms with Gasteiger partial charge < -0.3 is 19.0 Å². The van der Waals surface area contributed by atoms with Crippen LogP contribution in [0.15, 0.2) is 76.3 Å². The maximum Gasteiger partial charge on any atom is 0.266 e. The van der Waals surface area contributed by atoms with Gasteiger partial charge in [0.2, 0.25) is 5.43 Å². The summed E-state index contributed by atoms with van der Waals surface area (Å²) in [6.07, 6.45) is 0. The van der Waals surface area contributed by atoms with Crippen LogP contribution < -0.4 is 29.7 Å². The number of nitrogens with zero attached hydrogens (tertiary/aromatic N) is 1. The van der Waals surface area contributed by atoms with Crippen molar-refractivity contribution in [1.29, 1.82) is 0 Å². The van der Waals surface area contributed by atoms with Crippen LogP contribution in [0.2, 0.25) is 0 Å². The first-order chi connectivity index (χ1) is 18.7. The summed E-state index contributed by atoms with van der Waals surface area (Å²) in [7, 11) is 1.74. The smallest absolute Gasteiger partial charge is 0.266 e. The summed E-state index contributed by atoms with van der Waals surface area (Å²) < 4.78 is 42.4. The number of pyridine rings is 1. The van der Waals surface area contributed by atoms with E-state index in [1.165, 1.54) is 17.4 Å². The molecule has 39 heavy (non-hydrogen) atoms. The largest absolute Gasteiger partial charge is 0.490 e. The van der Waals surface area contributed by atoms with Crippen LogP contribution in [0, 0.1) is 11.6 Å². The predicted molar refractivity (Wildman–Crippen MR) is 150 cm³/mol. The first-order valence-corrected chi connectivity index (χ1v) is 12.9. The Morgan fingerprint density at radius 2 is 1.69 bits per heavy atom. The number of hydrogen-bond donors (Lipinski definition) is 1. The van der Waals surface area contributed by atoms with Crippen molar-refractivity contribution in [3.05, 3.63) is 114 Å². The lowest BCUT2D eigenvalue weighted by Crippen LogP contribution is -2.22. The Kier molecular flexibility index (Phi) is 7.17. The van der Waals surface area contributed by atoms with E-state index in [4.69, 9.17) is 9.47 Å². The third-order valence-corrected chi connectivity index (χ3v) is 7.41. The molecule has 0 spiro atoms. The number of fused-ring (bicyclic) bond motifs is 1. The van der Waals surface area contributed by atoms with Crippen LogP contribution in [0.25, 0.3) is 34.3 Å². The second kappa shape index (κ2) is 10.7. The van der Waals surface area contributed by atoms with Gasteiger partial charge in [-0.15, -0.1) is 11.3 Å². The van der Waals surface area contributed by atoms with Crippen LogP contribution in [0.1, 0.15) is 12.5 Å². The third kappa shape index (κ3) is 5.13. The zero-order chi connectivity index (χ0) is 27.7. The van der Waals surface area contributed by atoms with Crippen LogP contribution in [0.5, 0.6) is 11.5 Å². The first-order valence-electron chi connectivity index (χ1n) is 12.1. The van der Waals surface area contributed by atoms with E-state index in [-0.39, 0.29) is 30.0 Å². The van der Waals surface area contributed by atoms with Crippen molar-refractivity contribution in [2.75, 3.05) is 13.2 Å². The fourth-order valence-electron chi connectivity index (χ4n) is 4.42. The molecule has 0 saturated heterocycles. The Balaban J connectivity index is 1.37. The molecular formula is C30H24F2N2O4S. The molecule has 0 unspecified atom stereocenters. The lowest BCUT2D eigenvalue weighted by molar-refractivity contribution is 0.216.